The molecule has 0 bridgehead atoms. The van der Waals surface area contributed by atoms with Crippen LogP contribution in [0.25, 0.3) is 11.3 Å². The van der Waals surface area contributed by atoms with E-state index in [-0.39, 0.29) is 12.1 Å². The van der Waals surface area contributed by atoms with Gasteiger partial charge in [-0.05, 0) is 60.7 Å². The molecule has 0 radical (unpaired) electrons. The summed E-state index contributed by atoms with van der Waals surface area (Å²) in [6.45, 7) is 5.18. The lowest BCUT2D eigenvalue weighted by atomic mass is 10.0. The summed E-state index contributed by atoms with van der Waals surface area (Å²) < 4.78 is 11.9. The molecule has 2 fully saturated rings. The molecule has 32 heavy (non-hydrogen) atoms. The number of morpholine rings is 1. The number of aromatic nitrogens is 1. The Morgan fingerprint density at radius 1 is 1.03 bits per heavy atom. The Labute approximate surface area is 198 Å². The maximum atomic E-state index is 6.37. The Morgan fingerprint density at radius 2 is 1.84 bits per heavy atom. The van der Waals surface area contributed by atoms with E-state index in [0.717, 1.165) is 67.3 Å². The van der Waals surface area contributed by atoms with Crippen LogP contribution in [-0.4, -0.2) is 59.3 Å². The summed E-state index contributed by atoms with van der Waals surface area (Å²) in [5, 5.41) is 4.92. The van der Waals surface area contributed by atoms with Crippen LogP contribution in [0.5, 0.6) is 0 Å². The van der Waals surface area contributed by atoms with Gasteiger partial charge in [-0.2, -0.15) is 0 Å². The number of rotatable bonds is 6. The van der Waals surface area contributed by atoms with Gasteiger partial charge in [-0.1, -0.05) is 17.7 Å². The number of nitrogens with zero attached hydrogens (tertiary/aromatic N) is 3. The summed E-state index contributed by atoms with van der Waals surface area (Å²) in [5.74, 6) is 1.67. The van der Waals surface area contributed by atoms with Crippen LogP contribution in [-0.2, 0) is 4.74 Å². The molecule has 2 saturated heterocycles. The van der Waals surface area contributed by atoms with Gasteiger partial charge in [0.1, 0.15) is 17.6 Å². The van der Waals surface area contributed by atoms with Crippen molar-refractivity contribution in [2.24, 2.45) is 0 Å². The lowest BCUT2D eigenvalue weighted by Crippen LogP contribution is -2.42. The normalized spacial score (nSPS) is 21.7. The van der Waals surface area contributed by atoms with Crippen molar-refractivity contribution in [2.45, 2.75) is 12.1 Å². The Bertz CT molecular complexity index is 1050. The molecule has 4 heterocycles. The van der Waals surface area contributed by atoms with Gasteiger partial charge in [0.15, 0.2) is 5.11 Å². The Hall–Kier alpha value is -2.45. The van der Waals surface area contributed by atoms with E-state index in [1.807, 2.05) is 60.8 Å². The highest BCUT2D eigenvalue weighted by atomic mass is 35.5. The standard InChI is InChI=1S/C24H25ClN4O2S/c25-18-6-4-17(5-7-18)20-8-9-21(31-20)23-22(19-3-1-2-10-26-19)27-24(32)29(23)12-11-28-13-15-30-16-14-28/h1-10,22-23H,11-16H2,(H,27,32). The first kappa shape index (κ1) is 21.4. The van der Waals surface area contributed by atoms with Crippen LogP contribution in [0.3, 0.4) is 0 Å². The molecule has 8 heteroatoms. The van der Waals surface area contributed by atoms with E-state index >= 15 is 0 Å². The van der Waals surface area contributed by atoms with Crippen molar-refractivity contribution < 1.29 is 9.15 Å². The number of ether oxygens (including phenoxy) is 1. The van der Waals surface area contributed by atoms with Crippen molar-refractivity contribution in [3.63, 3.8) is 0 Å². The van der Waals surface area contributed by atoms with Crippen LogP contribution in [0.1, 0.15) is 23.5 Å². The minimum Gasteiger partial charge on any atom is -0.459 e. The smallest absolute Gasteiger partial charge is 0.170 e. The Morgan fingerprint density at radius 3 is 2.59 bits per heavy atom. The second-order valence-electron chi connectivity index (χ2n) is 7.98. The van der Waals surface area contributed by atoms with Crippen LogP contribution >= 0.6 is 23.8 Å². The quantitative estimate of drug-likeness (QED) is 0.541. The summed E-state index contributed by atoms with van der Waals surface area (Å²) in [7, 11) is 0. The monoisotopic (exact) mass is 468 g/mol. The Kier molecular flexibility index (Phi) is 6.41. The first-order valence-electron chi connectivity index (χ1n) is 10.8. The van der Waals surface area contributed by atoms with E-state index in [9.17, 15) is 0 Å². The SMILES string of the molecule is S=C1NC(c2ccccn2)C(c2ccc(-c3ccc(Cl)cc3)o2)N1CCN1CCOCC1. The second-order valence-corrected chi connectivity index (χ2v) is 8.81. The van der Waals surface area contributed by atoms with Crippen molar-refractivity contribution in [3.05, 3.63) is 77.3 Å². The van der Waals surface area contributed by atoms with Gasteiger partial charge in [-0.15, -0.1) is 0 Å². The lowest BCUT2D eigenvalue weighted by Gasteiger charge is -2.31. The topological polar surface area (TPSA) is 53.8 Å². The van der Waals surface area contributed by atoms with E-state index in [1.165, 1.54) is 0 Å². The van der Waals surface area contributed by atoms with E-state index < -0.39 is 0 Å². The van der Waals surface area contributed by atoms with Gasteiger partial charge < -0.3 is 19.4 Å². The molecule has 3 aromatic rings. The number of thiocarbonyl (C=S) groups is 1. The average Bonchev–Trinajstić information content (AvgIpc) is 3.44. The molecule has 2 aliphatic rings. The Balaban J connectivity index is 1.43. The van der Waals surface area contributed by atoms with Crippen LogP contribution in [0.15, 0.2) is 65.2 Å². The molecule has 6 nitrogen and oxygen atoms in total. The molecule has 1 aromatic carbocycles. The first-order valence-corrected chi connectivity index (χ1v) is 11.6. The van der Waals surface area contributed by atoms with Gasteiger partial charge in [0.25, 0.3) is 0 Å². The van der Waals surface area contributed by atoms with Gasteiger partial charge in [0.05, 0.1) is 24.9 Å². The highest BCUT2D eigenvalue weighted by Crippen LogP contribution is 2.40. The second kappa shape index (κ2) is 9.58. The molecule has 0 spiro atoms. The van der Waals surface area contributed by atoms with E-state index in [4.69, 9.17) is 33.0 Å². The molecular formula is C24H25ClN4O2S. The summed E-state index contributed by atoms with van der Waals surface area (Å²) in [5.41, 5.74) is 1.93. The fraction of sp³-hybridized carbons (Fsp3) is 0.333. The highest BCUT2D eigenvalue weighted by molar-refractivity contribution is 7.80. The molecule has 0 aliphatic carbocycles. The number of hydrogen-bond acceptors (Lipinski definition) is 5. The number of benzene rings is 1. The van der Waals surface area contributed by atoms with Gasteiger partial charge >= 0.3 is 0 Å². The number of furan rings is 1. The zero-order chi connectivity index (χ0) is 21.9. The van der Waals surface area contributed by atoms with Crippen molar-refractivity contribution in [2.75, 3.05) is 39.4 Å². The third-order valence-electron chi connectivity index (χ3n) is 6.01. The van der Waals surface area contributed by atoms with Gasteiger partial charge in [0.2, 0.25) is 0 Å². The first-order chi connectivity index (χ1) is 15.7. The summed E-state index contributed by atoms with van der Waals surface area (Å²) >= 11 is 11.8. The molecular weight excluding hydrogens is 444 g/mol. The van der Waals surface area contributed by atoms with Gasteiger partial charge in [-0.25, -0.2) is 0 Å². The molecule has 2 atom stereocenters. The fourth-order valence-electron chi connectivity index (χ4n) is 4.31. The molecule has 2 aliphatic heterocycles. The fourth-order valence-corrected chi connectivity index (χ4v) is 4.77. The molecule has 0 amide bonds. The third kappa shape index (κ3) is 4.52. The maximum Gasteiger partial charge on any atom is 0.170 e. The van der Waals surface area contributed by atoms with Gasteiger partial charge in [-0.3, -0.25) is 9.88 Å². The zero-order valence-electron chi connectivity index (χ0n) is 17.6. The predicted molar refractivity (Wildman–Crippen MR) is 129 cm³/mol. The van der Waals surface area contributed by atoms with Crippen LogP contribution < -0.4 is 5.32 Å². The molecule has 5 rings (SSSR count). The summed E-state index contributed by atoms with van der Waals surface area (Å²) in [4.78, 5) is 9.24. The average molecular weight is 469 g/mol. The molecule has 0 saturated carbocycles. The molecule has 166 valence electrons. The van der Waals surface area contributed by atoms with Crippen LogP contribution in [0.2, 0.25) is 5.02 Å². The molecule has 2 unspecified atom stereocenters. The van der Waals surface area contributed by atoms with Crippen molar-refractivity contribution >= 4 is 28.9 Å². The predicted octanol–water partition coefficient (Wildman–Crippen LogP) is 4.30. The number of pyridine rings is 1. The molecule has 1 N–H and O–H groups in total. The van der Waals surface area contributed by atoms with Crippen LogP contribution in [0, 0.1) is 0 Å². The van der Waals surface area contributed by atoms with Crippen molar-refractivity contribution in [1.29, 1.82) is 0 Å². The van der Waals surface area contributed by atoms with Crippen molar-refractivity contribution in [1.82, 2.24) is 20.1 Å². The molecule has 2 aromatic heterocycles. The van der Waals surface area contributed by atoms with E-state index in [1.54, 1.807) is 0 Å². The minimum absolute atomic E-state index is 0.0838. The van der Waals surface area contributed by atoms with E-state index in [2.05, 4.69) is 20.1 Å². The third-order valence-corrected chi connectivity index (χ3v) is 6.61. The zero-order valence-corrected chi connectivity index (χ0v) is 19.2. The maximum absolute atomic E-state index is 6.37. The summed E-state index contributed by atoms with van der Waals surface area (Å²) in [6.07, 6.45) is 1.81. The van der Waals surface area contributed by atoms with Crippen molar-refractivity contribution in [3.8, 4) is 11.3 Å². The van der Waals surface area contributed by atoms with E-state index in [0.29, 0.717) is 5.02 Å². The lowest BCUT2D eigenvalue weighted by molar-refractivity contribution is 0.0347. The minimum atomic E-state index is -0.0855. The number of halogens is 1. The number of nitrogens with one attached hydrogen (secondary N) is 1. The van der Waals surface area contributed by atoms with Crippen LogP contribution in [0.4, 0.5) is 0 Å². The highest BCUT2D eigenvalue weighted by Gasteiger charge is 2.41. The van der Waals surface area contributed by atoms with Gasteiger partial charge in [0, 0.05) is 43.0 Å². The summed E-state index contributed by atoms with van der Waals surface area (Å²) in [6, 6.07) is 17.5. The number of hydrogen-bond donors (Lipinski definition) is 1. The largest absolute Gasteiger partial charge is 0.459 e.